The number of benzene rings is 1. The molecule has 0 saturated carbocycles. The van der Waals surface area contributed by atoms with Crippen molar-refractivity contribution in [3.05, 3.63) is 35.2 Å². The van der Waals surface area contributed by atoms with E-state index in [1.165, 1.54) is 23.8 Å². The number of hydrogen-bond acceptors (Lipinski definition) is 4. The Labute approximate surface area is 122 Å². The molecule has 0 aliphatic heterocycles. The quantitative estimate of drug-likeness (QED) is 0.911. The molecule has 1 amide bonds. The number of halogens is 1. The van der Waals surface area contributed by atoms with E-state index in [1.807, 2.05) is 17.5 Å². The van der Waals surface area contributed by atoms with E-state index in [9.17, 15) is 4.79 Å². The Morgan fingerprint density at radius 1 is 1.37 bits per heavy atom. The Morgan fingerprint density at radius 3 is 2.63 bits per heavy atom. The molecule has 0 saturated heterocycles. The zero-order chi connectivity index (χ0) is 13.0. The van der Waals surface area contributed by atoms with Crippen molar-refractivity contribution in [2.75, 3.05) is 11.9 Å². The van der Waals surface area contributed by atoms with Gasteiger partial charge in [0, 0.05) is 17.9 Å². The lowest BCUT2D eigenvalue weighted by atomic mass is 10.1. The van der Waals surface area contributed by atoms with Crippen molar-refractivity contribution in [2.45, 2.75) is 13.3 Å². The van der Waals surface area contributed by atoms with Gasteiger partial charge in [-0.05, 0) is 18.5 Å². The first-order chi connectivity index (χ1) is 8.69. The molecule has 6 heteroatoms. The lowest BCUT2D eigenvalue weighted by Crippen LogP contribution is -2.04. The van der Waals surface area contributed by atoms with Crippen molar-refractivity contribution in [3.63, 3.8) is 0 Å². The number of carbonyl (C=O) groups excluding carboxylic acids is 1. The Morgan fingerprint density at radius 2 is 2.05 bits per heavy atom. The smallest absolute Gasteiger partial charge is 0.223 e. The minimum Gasteiger partial charge on any atom is -0.330 e. The summed E-state index contributed by atoms with van der Waals surface area (Å²) in [5.41, 5.74) is 8.65. The number of amides is 1. The van der Waals surface area contributed by atoms with E-state index >= 15 is 0 Å². The van der Waals surface area contributed by atoms with Crippen molar-refractivity contribution in [1.82, 2.24) is 4.98 Å². The number of rotatable bonds is 4. The third kappa shape index (κ3) is 4.31. The fourth-order valence-corrected chi connectivity index (χ4v) is 2.39. The zero-order valence-corrected chi connectivity index (χ0v) is 12.2. The topological polar surface area (TPSA) is 68.0 Å². The number of anilines is 1. The fraction of sp³-hybridized carbons (Fsp3) is 0.231. The standard InChI is InChI=1S/C13H15N3OS.ClH/c1-9(17)15-13-16-12(8-18-13)11-4-2-10(3-5-11)6-7-14;/h2-5,8H,6-7,14H2,1H3,(H,15,16,17);1H. The summed E-state index contributed by atoms with van der Waals surface area (Å²) in [5.74, 6) is -0.103. The van der Waals surface area contributed by atoms with E-state index in [0.29, 0.717) is 11.7 Å². The van der Waals surface area contributed by atoms with Crippen LogP contribution in [0.1, 0.15) is 12.5 Å². The molecule has 4 nitrogen and oxygen atoms in total. The van der Waals surface area contributed by atoms with Crippen LogP contribution in [0.25, 0.3) is 11.3 Å². The van der Waals surface area contributed by atoms with Crippen LogP contribution in [0, 0.1) is 0 Å². The van der Waals surface area contributed by atoms with Gasteiger partial charge in [0.15, 0.2) is 5.13 Å². The third-order valence-corrected chi connectivity index (χ3v) is 3.23. The Bertz CT molecular complexity index is 539. The van der Waals surface area contributed by atoms with E-state index in [-0.39, 0.29) is 18.3 Å². The van der Waals surface area contributed by atoms with Crippen LogP contribution < -0.4 is 11.1 Å². The van der Waals surface area contributed by atoms with Crippen LogP contribution in [0.4, 0.5) is 5.13 Å². The minimum atomic E-state index is -0.103. The maximum absolute atomic E-state index is 10.9. The monoisotopic (exact) mass is 297 g/mol. The SMILES string of the molecule is CC(=O)Nc1nc(-c2ccc(CCN)cc2)cs1.Cl. The van der Waals surface area contributed by atoms with E-state index in [0.717, 1.165) is 17.7 Å². The predicted octanol–water partition coefficient (Wildman–Crippen LogP) is 2.69. The van der Waals surface area contributed by atoms with Crippen LogP contribution in [-0.2, 0) is 11.2 Å². The highest BCUT2D eigenvalue weighted by Gasteiger charge is 2.05. The van der Waals surface area contributed by atoms with Gasteiger partial charge in [-0.15, -0.1) is 23.7 Å². The van der Waals surface area contributed by atoms with Crippen LogP contribution in [0.2, 0.25) is 0 Å². The molecular weight excluding hydrogens is 282 g/mol. The summed E-state index contributed by atoms with van der Waals surface area (Å²) < 4.78 is 0. The fourth-order valence-electron chi connectivity index (χ4n) is 1.62. The summed E-state index contributed by atoms with van der Waals surface area (Å²) in [6.45, 7) is 2.13. The number of aromatic nitrogens is 1. The van der Waals surface area contributed by atoms with Crippen molar-refractivity contribution < 1.29 is 4.79 Å². The Balaban J connectivity index is 0.00000180. The van der Waals surface area contributed by atoms with Crippen molar-refractivity contribution in [1.29, 1.82) is 0 Å². The Hall–Kier alpha value is -1.43. The van der Waals surface area contributed by atoms with E-state index in [2.05, 4.69) is 22.4 Å². The van der Waals surface area contributed by atoms with Crippen molar-refractivity contribution in [2.24, 2.45) is 5.73 Å². The van der Waals surface area contributed by atoms with Gasteiger partial charge in [0.1, 0.15) is 0 Å². The van der Waals surface area contributed by atoms with Gasteiger partial charge in [-0.2, -0.15) is 0 Å². The van der Waals surface area contributed by atoms with Crippen LogP contribution in [0.15, 0.2) is 29.6 Å². The molecule has 19 heavy (non-hydrogen) atoms. The minimum absolute atomic E-state index is 0. The van der Waals surface area contributed by atoms with Gasteiger partial charge in [0.05, 0.1) is 5.69 Å². The molecular formula is C13H16ClN3OS. The summed E-state index contributed by atoms with van der Waals surface area (Å²) in [4.78, 5) is 15.3. The number of hydrogen-bond donors (Lipinski definition) is 2. The molecule has 2 aromatic rings. The summed E-state index contributed by atoms with van der Waals surface area (Å²) in [5, 5.41) is 5.24. The third-order valence-electron chi connectivity index (χ3n) is 2.47. The second-order valence-corrected chi connectivity index (χ2v) is 4.81. The summed E-state index contributed by atoms with van der Waals surface area (Å²) in [6, 6.07) is 8.16. The first-order valence-corrected chi connectivity index (χ1v) is 6.59. The molecule has 0 atom stereocenters. The largest absolute Gasteiger partial charge is 0.330 e. The summed E-state index contributed by atoms with van der Waals surface area (Å²) in [7, 11) is 0. The highest BCUT2D eigenvalue weighted by molar-refractivity contribution is 7.14. The van der Waals surface area contributed by atoms with Gasteiger partial charge in [-0.3, -0.25) is 4.79 Å². The normalized spacial score (nSPS) is 9.79. The highest BCUT2D eigenvalue weighted by atomic mass is 35.5. The molecule has 0 fully saturated rings. The number of thiazole rings is 1. The van der Waals surface area contributed by atoms with E-state index in [1.54, 1.807) is 0 Å². The first-order valence-electron chi connectivity index (χ1n) is 5.71. The van der Waals surface area contributed by atoms with Gasteiger partial charge < -0.3 is 11.1 Å². The summed E-state index contributed by atoms with van der Waals surface area (Å²) >= 11 is 1.42. The predicted molar refractivity (Wildman–Crippen MR) is 81.9 cm³/mol. The molecule has 0 bridgehead atoms. The van der Waals surface area contributed by atoms with E-state index < -0.39 is 0 Å². The van der Waals surface area contributed by atoms with Crippen LogP contribution in [-0.4, -0.2) is 17.4 Å². The van der Waals surface area contributed by atoms with Crippen molar-refractivity contribution >= 4 is 34.8 Å². The molecule has 2 rings (SSSR count). The lowest BCUT2D eigenvalue weighted by molar-refractivity contribution is -0.114. The molecule has 0 spiro atoms. The molecule has 1 heterocycles. The number of nitrogens with one attached hydrogen (secondary N) is 1. The molecule has 1 aromatic carbocycles. The maximum atomic E-state index is 10.9. The Kier molecular flexibility index (Phi) is 5.95. The molecule has 0 aliphatic carbocycles. The van der Waals surface area contributed by atoms with Gasteiger partial charge in [-0.25, -0.2) is 4.98 Å². The van der Waals surface area contributed by atoms with Crippen LogP contribution in [0.5, 0.6) is 0 Å². The number of carbonyl (C=O) groups is 1. The lowest BCUT2D eigenvalue weighted by Gasteiger charge is -2.00. The molecule has 0 unspecified atom stereocenters. The van der Waals surface area contributed by atoms with E-state index in [4.69, 9.17) is 5.73 Å². The molecule has 1 aromatic heterocycles. The second kappa shape index (κ2) is 7.23. The average Bonchev–Trinajstić information content (AvgIpc) is 2.78. The van der Waals surface area contributed by atoms with Crippen LogP contribution >= 0.6 is 23.7 Å². The van der Waals surface area contributed by atoms with Gasteiger partial charge in [0.2, 0.25) is 5.91 Å². The summed E-state index contributed by atoms with van der Waals surface area (Å²) in [6.07, 6.45) is 0.883. The molecule has 0 aliphatic rings. The molecule has 0 radical (unpaired) electrons. The van der Waals surface area contributed by atoms with Gasteiger partial charge >= 0.3 is 0 Å². The number of nitrogens with zero attached hydrogens (tertiary/aromatic N) is 1. The van der Waals surface area contributed by atoms with Crippen molar-refractivity contribution in [3.8, 4) is 11.3 Å². The maximum Gasteiger partial charge on any atom is 0.223 e. The van der Waals surface area contributed by atoms with Gasteiger partial charge in [-0.1, -0.05) is 24.3 Å². The highest BCUT2D eigenvalue weighted by Crippen LogP contribution is 2.25. The van der Waals surface area contributed by atoms with Crippen LogP contribution in [0.3, 0.4) is 0 Å². The average molecular weight is 298 g/mol. The zero-order valence-electron chi connectivity index (χ0n) is 10.6. The van der Waals surface area contributed by atoms with Gasteiger partial charge in [0.25, 0.3) is 0 Å². The molecule has 3 N–H and O–H groups in total. The second-order valence-electron chi connectivity index (χ2n) is 3.95. The number of nitrogens with two attached hydrogens (primary N) is 1. The first kappa shape index (κ1) is 15.6. The molecule has 102 valence electrons.